The summed E-state index contributed by atoms with van der Waals surface area (Å²) in [5, 5.41) is 7.05. The van der Waals surface area contributed by atoms with E-state index in [1.54, 1.807) is 19.1 Å². The number of fused-ring (bicyclic) bond motifs is 1. The molecule has 4 rings (SSSR count). The molecule has 2 N–H and O–H groups in total. The molecule has 1 saturated carbocycles. The van der Waals surface area contributed by atoms with Crippen molar-refractivity contribution in [2.75, 3.05) is 5.32 Å². The number of nitrogens with one attached hydrogen (secondary N) is 2. The van der Waals surface area contributed by atoms with Gasteiger partial charge in [0.05, 0.1) is 17.0 Å². The lowest BCUT2D eigenvalue weighted by Crippen LogP contribution is -2.28. The van der Waals surface area contributed by atoms with Gasteiger partial charge in [-0.05, 0) is 50.8 Å². The number of carbonyl (C=O) groups excluding carboxylic acids is 1. The molecular weight excluding hydrogens is 359 g/mol. The maximum Gasteiger partial charge on any atom is 0.256 e. The van der Waals surface area contributed by atoms with Gasteiger partial charge in [-0.25, -0.2) is 14.4 Å². The van der Waals surface area contributed by atoms with E-state index in [2.05, 4.69) is 27.5 Å². The molecule has 1 fully saturated rings. The van der Waals surface area contributed by atoms with Crippen LogP contribution in [-0.4, -0.2) is 21.4 Å². The van der Waals surface area contributed by atoms with Gasteiger partial charge in [-0.15, -0.1) is 0 Å². The Labute approximate surface area is 162 Å². The average Bonchev–Trinajstić information content (AvgIpc) is 3.28. The fourth-order valence-electron chi connectivity index (χ4n) is 3.36. The standard InChI is InChI=1S/C21H23FN4O2/c1-4-15(13-5-7-14(22)8-6-13)25-19(27)16-12(2)28-20-17(16)18(23-11-24-20)26-21(3)9-10-21/h5-8,11,15H,4,9-10H2,1-3H3,(H,25,27)(H,23,24,26). The summed E-state index contributed by atoms with van der Waals surface area (Å²) in [6.45, 7) is 5.84. The van der Waals surface area contributed by atoms with Gasteiger partial charge < -0.3 is 15.1 Å². The summed E-state index contributed by atoms with van der Waals surface area (Å²) in [6, 6.07) is 5.94. The Kier molecular flexibility index (Phi) is 4.53. The Hall–Kier alpha value is -2.96. The second-order valence-corrected chi connectivity index (χ2v) is 7.61. The Morgan fingerprint density at radius 2 is 2.00 bits per heavy atom. The minimum Gasteiger partial charge on any atom is -0.442 e. The number of hydrogen-bond acceptors (Lipinski definition) is 5. The van der Waals surface area contributed by atoms with E-state index in [0.29, 0.717) is 34.7 Å². The molecule has 1 aliphatic carbocycles. The number of furan rings is 1. The molecule has 1 atom stereocenters. The SMILES string of the molecule is CCC(NC(=O)c1c(C)oc2ncnc(NC3(C)CC3)c12)c1ccc(F)cc1. The van der Waals surface area contributed by atoms with Gasteiger partial charge in [0, 0.05) is 5.54 Å². The van der Waals surface area contributed by atoms with E-state index in [-0.39, 0.29) is 23.3 Å². The second-order valence-electron chi connectivity index (χ2n) is 7.61. The zero-order chi connectivity index (χ0) is 19.9. The van der Waals surface area contributed by atoms with Gasteiger partial charge in [0.25, 0.3) is 5.91 Å². The fourth-order valence-corrected chi connectivity index (χ4v) is 3.36. The van der Waals surface area contributed by atoms with Crippen molar-refractivity contribution >= 4 is 22.8 Å². The van der Waals surface area contributed by atoms with Crippen LogP contribution >= 0.6 is 0 Å². The van der Waals surface area contributed by atoms with Crippen LogP contribution < -0.4 is 10.6 Å². The zero-order valence-corrected chi connectivity index (χ0v) is 16.2. The van der Waals surface area contributed by atoms with E-state index in [1.165, 1.54) is 18.5 Å². The molecule has 2 heterocycles. The largest absolute Gasteiger partial charge is 0.442 e. The van der Waals surface area contributed by atoms with Crippen molar-refractivity contribution in [1.29, 1.82) is 0 Å². The molecular formula is C21H23FN4O2. The Balaban J connectivity index is 1.68. The summed E-state index contributed by atoms with van der Waals surface area (Å²) in [4.78, 5) is 21.7. The van der Waals surface area contributed by atoms with Gasteiger partial charge in [0.15, 0.2) is 0 Å². The first kappa shape index (κ1) is 18.4. The molecule has 1 amide bonds. The number of nitrogens with zero attached hydrogens (tertiary/aromatic N) is 2. The minimum atomic E-state index is -0.303. The number of benzene rings is 1. The molecule has 7 heteroatoms. The van der Waals surface area contributed by atoms with Crippen molar-refractivity contribution in [3.63, 3.8) is 0 Å². The number of halogens is 1. The van der Waals surface area contributed by atoms with Gasteiger partial charge in [0.2, 0.25) is 5.71 Å². The monoisotopic (exact) mass is 382 g/mol. The highest BCUT2D eigenvalue weighted by Gasteiger charge is 2.38. The van der Waals surface area contributed by atoms with Crippen LogP contribution in [0.4, 0.5) is 10.2 Å². The lowest BCUT2D eigenvalue weighted by atomic mass is 10.0. The van der Waals surface area contributed by atoms with Gasteiger partial charge in [-0.3, -0.25) is 4.79 Å². The molecule has 1 unspecified atom stereocenters. The minimum absolute atomic E-state index is 0.000268. The maximum atomic E-state index is 13.2. The Morgan fingerprint density at radius 3 is 2.64 bits per heavy atom. The molecule has 0 saturated heterocycles. The average molecular weight is 382 g/mol. The molecule has 0 radical (unpaired) electrons. The number of aryl methyl sites for hydroxylation is 1. The number of aromatic nitrogens is 2. The topological polar surface area (TPSA) is 80.1 Å². The van der Waals surface area contributed by atoms with Crippen LogP contribution in [0.1, 0.15) is 60.8 Å². The third kappa shape index (κ3) is 3.44. The molecule has 1 aliphatic rings. The maximum absolute atomic E-state index is 13.2. The van der Waals surface area contributed by atoms with E-state index in [0.717, 1.165) is 18.4 Å². The smallest absolute Gasteiger partial charge is 0.256 e. The van der Waals surface area contributed by atoms with Gasteiger partial charge in [-0.2, -0.15) is 0 Å². The summed E-state index contributed by atoms with van der Waals surface area (Å²) in [6.07, 6.45) is 4.22. The van der Waals surface area contributed by atoms with E-state index in [4.69, 9.17) is 4.42 Å². The van der Waals surface area contributed by atoms with Crippen LogP contribution in [0.25, 0.3) is 11.1 Å². The summed E-state index contributed by atoms with van der Waals surface area (Å²) in [5.74, 6) is 0.544. The second kappa shape index (κ2) is 6.89. The highest BCUT2D eigenvalue weighted by Crippen LogP contribution is 2.40. The number of amides is 1. The lowest BCUT2D eigenvalue weighted by Gasteiger charge is -2.18. The lowest BCUT2D eigenvalue weighted by molar-refractivity contribution is 0.0935. The van der Waals surface area contributed by atoms with Crippen LogP contribution in [0.2, 0.25) is 0 Å². The third-order valence-electron chi connectivity index (χ3n) is 5.30. The van der Waals surface area contributed by atoms with Gasteiger partial charge in [-0.1, -0.05) is 19.1 Å². The number of carbonyl (C=O) groups is 1. The molecule has 3 aromatic rings. The van der Waals surface area contributed by atoms with Crippen LogP contribution in [0.3, 0.4) is 0 Å². The molecule has 1 aromatic carbocycles. The number of anilines is 1. The molecule has 6 nitrogen and oxygen atoms in total. The summed E-state index contributed by atoms with van der Waals surface area (Å²) in [5.41, 5.74) is 1.67. The normalized spacial score (nSPS) is 16.0. The van der Waals surface area contributed by atoms with E-state index in [1.807, 2.05) is 6.92 Å². The van der Waals surface area contributed by atoms with Crippen molar-refractivity contribution in [1.82, 2.24) is 15.3 Å². The molecule has 28 heavy (non-hydrogen) atoms. The summed E-state index contributed by atoms with van der Waals surface area (Å²) >= 11 is 0. The number of rotatable bonds is 6. The number of hydrogen-bond donors (Lipinski definition) is 2. The van der Waals surface area contributed by atoms with Crippen molar-refractivity contribution in [2.24, 2.45) is 0 Å². The van der Waals surface area contributed by atoms with Crippen molar-refractivity contribution < 1.29 is 13.6 Å². The molecule has 146 valence electrons. The first-order chi connectivity index (χ1) is 13.4. The predicted octanol–water partition coefficient (Wildman–Crippen LogP) is 4.52. The molecule has 0 aliphatic heterocycles. The molecule has 0 bridgehead atoms. The van der Waals surface area contributed by atoms with Crippen molar-refractivity contribution in [3.8, 4) is 0 Å². The third-order valence-corrected chi connectivity index (χ3v) is 5.30. The Bertz CT molecular complexity index is 1020. The summed E-state index contributed by atoms with van der Waals surface area (Å²) in [7, 11) is 0. The first-order valence-electron chi connectivity index (χ1n) is 9.49. The Morgan fingerprint density at radius 1 is 1.29 bits per heavy atom. The van der Waals surface area contributed by atoms with Crippen LogP contribution in [0, 0.1) is 12.7 Å². The van der Waals surface area contributed by atoms with Crippen LogP contribution in [0.15, 0.2) is 35.0 Å². The van der Waals surface area contributed by atoms with E-state index in [9.17, 15) is 9.18 Å². The van der Waals surface area contributed by atoms with Gasteiger partial charge >= 0.3 is 0 Å². The zero-order valence-electron chi connectivity index (χ0n) is 16.2. The van der Waals surface area contributed by atoms with Crippen LogP contribution in [0.5, 0.6) is 0 Å². The fraction of sp³-hybridized carbons (Fsp3) is 0.381. The highest BCUT2D eigenvalue weighted by atomic mass is 19.1. The van der Waals surface area contributed by atoms with E-state index < -0.39 is 0 Å². The molecule has 0 spiro atoms. The predicted molar refractivity (Wildman–Crippen MR) is 105 cm³/mol. The van der Waals surface area contributed by atoms with Gasteiger partial charge in [0.1, 0.15) is 23.7 Å². The van der Waals surface area contributed by atoms with E-state index >= 15 is 0 Å². The van der Waals surface area contributed by atoms with Crippen LogP contribution in [-0.2, 0) is 0 Å². The first-order valence-corrected chi connectivity index (χ1v) is 9.49. The van der Waals surface area contributed by atoms with Crippen molar-refractivity contribution in [3.05, 3.63) is 53.3 Å². The summed E-state index contributed by atoms with van der Waals surface area (Å²) < 4.78 is 19.0. The quantitative estimate of drug-likeness (QED) is 0.655. The highest BCUT2D eigenvalue weighted by molar-refractivity contribution is 6.10. The molecule has 2 aromatic heterocycles. The van der Waals surface area contributed by atoms with Crippen molar-refractivity contribution in [2.45, 2.75) is 51.6 Å².